The molecule has 1 aromatic heterocycles. The Labute approximate surface area is 102 Å². The summed E-state index contributed by atoms with van der Waals surface area (Å²) in [7, 11) is 0. The predicted molar refractivity (Wildman–Crippen MR) is 61.2 cm³/mol. The number of nitrogens with two attached hydrogens (primary N) is 2. The van der Waals surface area contributed by atoms with Gasteiger partial charge in [0.05, 0.1) is 12.7 Å². The van der Waals surface area contributed by atoms with E-state index in [0.717, 1.165) is 0 Å². The van der Waals surface area contributed by atoms with Crippen LogP contribution in [0.1, 0.15) is 18.2 Å². The SMILES string of the molecule is Nc1nc(N)c(C2C[C@H](O)[C@@H](CO)O2)nc1Cl. The minimum Gasteiger partial charge on any atom is -0.394 e. The Morgan fingerprint density at radius 3 is 2.65 bits per heavy atom. The first-order valence-electron chi connectivity index (χ1n) is 5.05. The number of nitrogens with zero attached hydrogens (tertiary/aromatic N) is 2. The van der Waals surface area contributed by atoms with Gasteiger partial charge in [-0.15, -0.1) is 0 Å². The van der Waals surface area contributed by atoms with Gasteiger partial charge >= 0.3 is 0 Å². The number of ether oxygens (including phenoxy) is 1. The minimum absolute atomic E-state index is 0.0414. The molecule has 0 spiro atoms. The molecule has 94 valence electrons. The monoisotopic (exact) mass is 260 g/mol. The van der Waals surface area contributed by atoms with Crippen molar-refractivity contribution in [3.05, 3.63) is 10.8 Å². The van der Waals surface area contributed by atoms with Crippen molar-refractivity contribution in [3.8, 4) is 0 Å². The van der Waals surface area contributed by atoms with E-state index >= 15 is 0 Å². The molecule has 1 saturated heterocycles. The van der Waals surface area contributed by atoms with Crippen LogP contribution in [0, 0.1) is 0 Å². The van der Waals surface area contributed by atoms with E-state index < -0.39 is 18.3 Å². The Kier molecular flexibility index (Phi) is 3.34. The van der Waals surface area contributed by atoms with Gasteiger partial charge in [0.15, 0.2) is 11.0 Å². The van der Waals surface area contributed by atoms with E-state index in [4.69, 9.17) is 32.9 Å². The normalized spacial score (nSPS) is 28.5. The highest BCUT2D eigenvalue weighted by molar-refractivity contribution is 6.31. The van der Waals surface area contributed by atoms with Gasteiger partial charge in [0, 0.05) is 6.42 Å². The number of anilines is 2. The van der Waals surface area contributed by atoms with Crippen LogP contribution in [0.3, 0.4) is 0 Å². The fourth-order valence-corrected chi connectivity index (χ4v) is 1.89. The highest BCUT2D eigenvalue weighted by Crippen LogP contribution is 2.35. The lowest BCUT2D eigenvalue weighted by Gasteiger charge is -2.13. The first-order valence-corrected chi connectivity index (χ1v) is 5.43. The molecule has 1 unspecified atom stereocenters. The molecular weight excluding hydrogens is 248 g/mol. The quantitative estimate of drug-likeness (QED) is 0.563. The summed E-state index contributed by atoms with van der Waals surface area (Å²) in [5, 5.41) is 18.6. The average Bonchev–Trinajstić information content (AvgIpc) is 2.65. The molecule has 1 fully saturated rings. The van der Waals surface area contributed by atoms with E-state index in [1.807, 2.05) is 0 Å². The zero-order valence-electron chi connectivity index (χ0n) is 8.88. The lowest BCUT2D eigenvalue weighted by Crippen LogP contribution is -2.24. The van der Waals surface area contributed by atoms with Crippen molar-refractivity contribution in [3.63, 3.8) is 0 Å². The molecule has 2 heterocycles. The van der Waals surface area contributed by atoms with Gasteiger partial charge in [0.2, 0.25) is 0 Å². The van der Waals surface area contributed by atoms with Gasteiger partial charge in [0.1, 0.15) is 23.7 Å². The lowest BCUT2D eigenvalue weighted by molar-refractivity contribution is -0.0234. The molecule has 1 aromatic rings. The van der Waals surface area contributed by atoms with Crippen LogP contribution in [0.25, 0.3) is 0 Å². The van der Waals surface area contributed by atoms with Gasteiger partial charge in [-0.2, -0.15) is 0 Å². The molecule has 8 heteroatoms. The zero-order valence-corrected chi connectivity index (χ0v) is 9.63. The lowest BCUT2D eigenvalue weighted by atomic mass is 10.1. The number of rotatable bonds is 2. The largest absolute Gasteiger partial charge is 0.394 e. The van der Waals surface area contributed by atoms with Crippen LogP contribution in [0.5, 0.6) is 0 Å². The van der Waals surface area contributed by atoms with E-state index in [0.29, 0.717) is 5.69 Å². The number of halogens is 1. The van der Waals surface area contributed by atoms with Gasteiger partial charge in [-0.25, -0.2) is 9.97 Å². The molecule has 0 amide bonds. The highest BCUT2D eigenvalue weighted by Gasteiger charge is 2.36. The van der Waals surface area contributed by atoms with Crippen LogP contribution in [0.15, 0.2) is 0 Å². The van der Waals surface area contributed by atoms with Gasteiger partial charge in [0.25, 0.3) is 0 Å². The summed E-state index contributed by atoms with van der Waals surface area (Å²) >= 11 is 5.75. The summed E-state index contributed by atoms with van der Waals surface area (Å²) in [4.78, 5) is 7.82. The number of nitrogen functional groups attached to an aromatic ring is 2. The van der Waals surface area contributed by atoms with E-state index in [2.05, 4.69) is 9.97 Å². The van der Waals surface area contributed by atoms with Crippen LogP contribution in [0.2, 0.25) is 5.15 Å². The Morgan fingerprint density at radius 1 is 1.35 bits per heavy atom. The van der Waals surface area contributed by atoms with Crippen LogP contribution in [-0.2, 0) is 4.74 Å². The maximum atomic E-state index is 9.60. The summed E-state index contributed by atoms with van der Waals surface area (Å²) < 4.78 is 5.40. The Morgan fingerprint density at radius 2 is 2.06 bits per heavy atom. The summed E-state index contributed by atoms with van der Waals surface area (Å²) in [6, 6.07) is 0. The van der Waals surface area contributed by atoms with Crippen molar-refractivity contribution < 1.29 is 14.9 Å². The first-order chi connectivity index (χ1) is 8.02. The van der Waals surface area contributed by atoms with Crippen LogP contribution < -0.4 is 11.5 Å². The van der Waals surface area contributed by atoms with Crippen LogP contribution >= 0.6 is 11.6 Å². The average molecular weight is 261 g/mol. The molecule has 0 radical (unpaired) electrons. The zero-order chi connectivity index (χ0) is 12.6. The summed E-state index contributed by atoms with van der Waals surface area (Å²) in [5.74, 6) is 0.160. The third-order valence-electron chi connectivity index (χ3n) is 2.64. The number of aliphatic hydroxyl groups is 2. The highest BCUT2D eigenvalue weighted by atomic mass is 35.5. The molecular formula is C9H13ClN4O3. The van der Waals surface area contributed by atoms with Crippen LogP contribution in [-0.4, -0.2) is 39.0 Å². The van der Waals surface area contributed by atoms with E-state index in [9.17, 15) is 5.11 Å². The summed E-state index contributed by atoms with van der Waals surface area (Å²) in [5.41, 5.74) is 11.5. The molecule has 0 bridgehead atoms. The molecule has 6 N–H and O–H groups in total. The molecule has 3 atom stereocenters. The standard InChI is InChI=1S/C9H13ClN4O3/c10-7-9(12)14-8(11)6(13-7)4-1-3(16)5(2-15)17-4/h3-5,15-16H,1-2H2,(H4,11,12,14)/t3-,4?,5+/m0/s1. The Bertz CT molecular complexity index is 431. The Balaban J connectivity index is 2.27. The molecule has 7 nitrogen and oxygen atoms in total. The molecule has 0 saturated carbocycles. The number of aromatic nitrogens is 2. The van der Waals surface area contributed by atoms with Gasteiger partial charge in [-0.05, 0) is 0 Å². The molecule has 17 heavy (non-hydrogen) atoms. The second-order valence-electron chi connectivity index (χ2n) is 3.82. The van der Waals surface area contributed by atoms with Crippen molar-refractivity contribution in [2.45, 2.75) is 24.7 Å². The molecule has 0 aromatic carbocycles. The second-order valence-corrected chi connectivity index (χ2v) is 4.18. The van der Waals surface area contributed by atoms with Crippen molar-refractivity contribution in [2.75, 3.05) is 18.1 Å². The maximum absolute atomic E-state index is 9.60. The molecule has 1 aliphatic rings. The van der Waals surface area contributed by atoms with Crippen molar-refractivity contribution in [1.82, 2.24) is 9.97 Å². The summed E-state index contributed by atoms with van der Waals surface area (Å²) in [6.07, 6.45) is -1.66. The van der Waals surface area contributed by atoms with E-state index in [1.165, 1.54) is 0 Å². The third-order valence-corrected chi connectivity index (χ3v) is 2.92. The number of hydrogen-bond acceptors (Lipinski definition) is 7. The van der Waals surface area contributed by atoms with Crippen LogP contribution in [0.4, 0.5) is 11.6 Å². The summed E-state index contributed by atoms with van der Waals surface area (Å²) in [6.45, 7) is -0.270. The third kappa shape index (κ3) is 2.27. The number of aliphatic hydroxyl groups excluding tert-OH is 2. The van der Waals surface area contributed by atoms with Gasteiger partial charge in [-0.3, -0.25) is 0 Å². The Hall–Kier alpha value is -1.15. The fourth-order valence-electron chi connectivity index (χ4n) is 1.76. The minimum atomic E-state index is -0.762. The first kappa shape index (κ1) is 12.3. The van der Waals surface area contributed by atoms with Gasteiger partial charge < -0.3 is 26.4 Å². The topological polar surface area (TPSA) is 128 Å². The molecule has 0 aliphatic carbocycles. The van der Waals surface area contributed by atoms with Crippen molar-refractivity contribution in [2.24, 2.45) is 0 Å². The van der Waals surface area contributed by atoms with Gasteiger partial charge in [-0.1, -0.05) is 11.6 Å². The fraction of sp³-hybridized carbons (Fsp3) is 0.556. The molecule has 1 aliphatic heterocycles. The van der Waals surface area contributed by atoms with Crippen molar-refractivity contribution >= 4 is 23.2 Å². The second kappa shape index (κ2) is 4.61. The smallest absolute Gasteiger partial charge is 0.171 e. The van der Waals surface area contributed by atoms with Crippen molar-refractivity contribution in [1.29, 1.82) is 0 Å². The van der Waals surface area contributed by atoms with E-state index in [1.54, 1.807) is 0 Å². The predicted octanol–water partition coefficient (Wildman–Crippen LogP) is -0.522. The maximum Gasteiger partial charge on any atom is 0.171 e. The van der Waals surface area contributed by atoms with E-state index in [-0.39, 0.29) is 29.8 Å². The molecule has 2 rings (SSSR count). The number of hydrogen-bond donors (Lipinski definition) is 4.